The molecule has 2 unspecified atom stereocenters. The molecule has 2 aliphatic rings. The van der Waals surface area contributed by atoms with Gasteiger partial charge in [-0.1, -0.05) is 0 Å². The Morgan fingerprint density at radius 1 is 1.06 bits per heavy atom. The number of rotatable bonds is 9. The maximum Gasteiger partial charge on any atom is 0.109 e. The zero-order chi connectivity index (χ0) is 13.2. The molecule has 2 saturated heterocycles. The highest BCUT2D eigenvalue weighted by atomic mass is 16.6. The predicted octanol–water partition coefficient (Wildman–Crippen LogP) is 2.15. The summed E-state index contributed by atoms with van der Waals surface area (Å²) in [7, 11) is 0. The van der Waals surface area contributed by atoms with Gasteiger partial charge in [0.2, 0.25) is 0 Å². The van der Waals surface area contributed by atoms with Gasteiger partial charge < -0.3 is 18.9 Å². The van der Waals surface area contributed by atoms with Crippen LogP contribution in [0.25, 0.3) is 0 Å². The van der Waals surface area contributed by atoms with Gasteiger partial charge in [0.15, 0.2) is 0 Å². The quantitative estimate of drug-likeness (QED) is 0.469. The summed E-state index contributed by atoms with van der Waals surface area (Å²) in [5.41, 5.74) is -0.234. The number of epoxide rings is 2. The lowest BCUT2D eigenvalue weighted by atomic mass is 10.0. The zero-order valence-corrected chi connectivity index (χ0v) is 12.0. The summed E-state index contributed by atoms with van der Waals surface area (Å²) >= 11 is 0. The van der Waals surface area contributed by atoms with Crippen molar-refractivity contribution in [1.82, 2.24) is 0 Å². The first kappa shape index (κ1) is 14.3. The molecule has 4 nitrogen and oxygen atoms in total. The van der Waals surface area contributed by atoms with Crippen molar-refractivity contribution in [3.05, 3.63) is 0 Å². The van der Waals surface area contributed by atoms with Crippen LogP contribution in [0, 0.1) is 0 Å². The second-order valence-electron chi connectivity index (χ2n) is 6.40. The van der Waals surface area contributed by atoms with Crippen LogP contribution in [-0.4, -0.2) is 49.8 Å². The van der Waals surface area contributed by atoms with Crippen LogP contribution in [-0.2, 0) is 18.9 Å². The minimum absolute atomic E-state index is 0.0878. The molecule has 2 heterocycles. The average Bonchev–Trinajstić information content (AvgIpc) is 3.16. The first-order chi connectivity index (χ1) is 8.39. The van der Waals surface area contributed by atoms with Crippen LogP contribution in [0.15, 0.2) is 0 Å². The molecule has 0 aromatic rings. The van der Waals surface area contributed by atoms with Crippen LogP contribution < -0.4 is 0 Å². The summed E-state index contributed by atoms with van der Waals surface area (Å²) in [5, 5.41) is 0. The van der Waals surface area contributed by atoms with Gasteiger partial charge in [0, 0.05) is 6.61 Å². The summed E-state index contributed by atoms with van der Waals surface area (Å²) in [6, 6.07) is 0. The number of hydrogen-bond acceptors (Lipinski definition) is 4. The van der Waals surface area contributed by atoms with Crippen LogP contribution in [0.1, 0.15) is 40.5 Å². The smallest absolute Gasteiger partial charge is 0.109 e. The van der Waals surface area contributed by atoms with Crippen molar-refractivity contribution in [2.75, 3.05) is 26.4 Å². The lowest BCUT2D eigenvalue weighted by Crippen LogP contribution is -2.32. The molecular weight excluding hydrogens is 232 g/mol. The Balaban J connectivity index is 1.55. The monoisotopic (exact) mass is 258 g/mol. The fraction of sp³-hybridized carbons (Fsp3) is 1.00. The van der Waals surface area contributed by atoms with Gasteiger partial charge >= 0.3 is 0 Å². The average molecular weight is 258 g/mol. The Kier molecular flexibility index (Phi) is 4.32. The van der Waals surface area contributed by atoms with E-state index in [0.29, 0.717) is 6.10 Å². The minimum atomic E-state index is -0.146. The van der Waals surface area contributed by atoms with Gasteiger partial charge in [-0.2, -0.15) is 0 Å². The molecule has 4 heteroatoms. The van der Waals surface area contributed by atoms with Gasteiger partial charge in [-0.15, -0.1) is 0 Å². The van der Waals surface area contributed by atoms with E-state index in [9.17, 15) is 0 Å². The van der Waals surface area contributed by atoms with Crippen LogP contribution in [0.2, 0.25) is 0 Å². The lowest BCUT2D eigenvalue weighted by Gasteiger charge is -2.27. The van der Waals surface area contributed by atoms with E-state index < -0.39 is 0 Å². The van der Waals surface area contributed by atoms with E-state index in [-0.39, 0.29) is 17.3 Å². The molecule has 2 atom stereocenters. The minimum Gasteiger partial charge on any atom is -0.373 e. The van der Waals surface area contributed by atoms with Gasteiger partial charge in [0.1, 0.15) is 12.2 Å². The SMILES string of the molecule is CC(C)(CCCOC(C)(C)C1CO1)OCC1CO1. The Morgan fingerprint density at radius 2 is 1.72 bits per heavy atom. The molecule has 2 fully saturated rings. The van der Waals surface area contributed by atoms with E-state index in [2.05, 4.69) is 27.7 Å². The van der Waals surface area contributed by atoms with Crippen LogP contribution in [0.5, 0.6) is 0 Å². The highest BCUT2D eigenvalue weighted by Crippen LogP contribution is 2.28. The molecule has 0 aromatic heterocycles. The largest absolute Gasteiger partial charge is 0.373 e. The molecule has 0 bridgehead atoms. The van der Waals surface area contributed by atoms with E-state index >= 15 is 0 Å². The van der Waals surface area contributed by atoms with Gasteiger partial charge in [-0.05, 0) is 40.5 Å². The molecule has 0 saturated carbocycles. The Morgan fingerprint density at radius 3 is 2.28 bits per heavy atom. The van der Waals surface area contributed by atoms with Crippen molar-refractivity contribution >= 4 is 0 Å². The molecule has 106 valence electrons. The van der Waals surface area contributed by atoms with E-state index in [1.165, 1.54) is 0 Å². The number of hydrogen-bond donors (Lipinski definition) is 0. The third kappa shape index (κ3) is 4.84. The van der Waals surface area contributed by atoms with Crippen molar-refractivity contribution < 1.29 is 18.9 Å². The molecule has 18 heavy (non-hydrogen) atoms. The fourth-order valence-corrected chi connectivity index (χ4v) is 1.93. The third-order valence-corrected chi connectivity index (χ3v) is 3.57. The van der Waals surface area contributed by atoms with Crippen molar-refractivity contribution in [3.63, 3.8) is 0 Å². The summed E-state index contributed by atoms with van der Waals surface area (Å²) in [4.78, 5) is 0. The lowest BCUT2D eigenvalue weighted by molar-refractivity contribution is -0.0589. The molecule has 2 rings (SSSR count). The van der Waals surface area contributed by atoms with E-state index in [0.717, 1.165) is 39.3 Å². The first-order valence-electron chi connectivity index (χ1n) is 6.90. The maximum absolute atomic E-state index is 5.88. The third-order valence-electron chi connectivity index (χ3n) is 3.57. The Labute approximate surface area is 110 Å². The summed E-state index contributed by atoms with van der Waals surface area (Å²) in [5.74, 6) is 0. The standard InChI is InChI=1S/C14H26O4/c1-13(2,18-9-11-8-15-11)6-5-7-17-14(3,4)12-10-16-12/h11-12H,5-10H2,1-4H3. The first-order valence-corrected chi connectivity index (χ1v) is 6.90. The van der Waals surface area contributed by atoms with Gasteiger partial charge in [0.05, 0.1) is 31.0 Å². The topological polar surface area (TPSA) is 43.5 Å². The summed E-state index contributed by atoms with van der Waals surface area (Å²) in [6.45, 7) is 11.6. The van der Waals surface area contributed by atoms with Gasteiger partial charge in [-0.3, -0.25) is 0 Å². The zero-order valence-electron chi connectivity index (χ0n) is 12.0. The molecule has 0 spiro atoms. The highest BCUT2D eigenvalue weighted by Gasteiger charge is 2.40. The summed E-state index contributed by atoms with van der Waals surface area (Å²) in [6.07, 6.45) is 2.64. The van der Waals surface area contributed by atoms with Crippen molar-refractivity contribution in [2.24, 2.45) is 0 Å². The summed E-state index contributed by atoms with van der Waals surface area (Å²) < 4.78 is 22.1. The molecule has 0 aromatic carbocycles. The van der Waals surface area contributed by atoms with Crippen molar-refractivity contribution in [2.45, 2.75) is 63.9 Å². The Hall–Kier alpha value is -0.160. The van der Waals surface area contributed by atoms with Crippen molar-refractivity contribution in [1.29, 1.82) is 0 Å². The second kappa shape index (κ2) is 5.45. The van der Waals surface area contributed by atoms with E-state index in [4.69, 9.17) is 18.9 Å². The van der Waals surface area contributed by atoms with Crippen LogP contribution in [0.3, 0.4) is 0 Å². The molecule has 0 amide bonds. The van der Waals surface area contributed by atoms with Crippen molar-refractivity contribution in [3.8, 4) is 0 Å². The van der Waals surface area contributed by atoms with Gasteiger partial charge in [-0.25, -0.2) is 0 Å². The fourth-order valence-electron chi connectivity index (χ4n) is 1.93. The molecule has 0 N–H and O–H groups in total. The molecule has 2 aliphatic heterocycles. The van der Waals surface area contributed by atoms with Crippen LogP contribution in [0.4, 0.5) is 0 Å². The normalized spacial score (nSPS) is 27.3. The molecule has 0 aliphatic carbocycles. The van der Waals surface area contributed by atoms with Crippen LogP contribution >= 0.6 is 0 Å². The Bertz CT molecular complexity index is 267. The molecule has 0 radical (unpaired) electrons. The van der Waals surface area contributed by atoms with E-state index in [1.807, 2.05) is 0 Å². The number of ether oxygens (including phenoxy) is 4. The van der Waals surface area contributed by atoms with Gasteiger partial charge in [0.25, 0.3) is 0 Å². The predicted molar refractivity (Wildman–Crippen MR) is 68.8 cm³/mol. The van der Waals surface area contributed by atoms with E-state index in [1.54, 1.807) is 0 Å². The maximum atomic E-state index is 5.88. The highest BCUT2D eigenvalue weighted by molar-refractivity contribution is 4.88. The molecular formula is C14H26O4. The second-order valence-corrected chi connectivity index (χ2v) is 6.40.